The van der Waals surface area contributed by atoms with E-state index in [2.05, 4.69) is 25.4 Å². The SMILES string of the molecule is Cc1nnc(N[C@H](C)c2cccc(C(F)(F)CO)c2)c2cc(N3CCC(O)CC3)cnc12. The molecule has 3 aromatic rings. The molecule has 7 nitrogen and oxygen atoms in total. The molecule has 0 amide bonds. The van der Waals surface area contributed by atoms with E-state index in [1.54, 1.807) is 12.1 Å². The second-order valence-corrected chi connectivity index (χ2v) is 8.30. The molecule has 32 heavy (non-hydrogen) atoms. The number of aryl methyl sites for hydroxylation is 1. The van der Waals surface area contributed by atoms with Crippen LogP contribution in [-0.2, 0) is 5.92 Å². The summed E-state index contributed by atoms with van der Waals surface area (Å²) in [6, 6.07) is 7.67. The molecular weight excluding hydrogens is 416 g/mol. The van der Waals surface area contributed by atoms with Crippen LogP contribution in [0.5, 0.6) is 0 Å². The molecule has 3 N–H and O–H groups in total. The summed E-state index contributed by atoms with van der Waals surface area (Å²) in [6.07, 6.45) is 2.97. The number of pyridine rings is 1. The predicted octanol–water partition coefficient (Wildman–Crippen LogP) is 3.55. The Morgan fingerprint density at radius 2 is 1.97 bits per heavy atom. The Labute approximate surface area is 185 Å². The number of halogens is 2. The molecule has 0 saturated carbocycles. The second-order valence-electron chi connectivity index (χ2n) is 8.30. The zero-order valence-electron chi connectivity index (χ0n) is 18.1. The standard InChI is InChI=1S/C23H27F2N5O2/c1-14(16-4-3-5-17(10-16)23(24,25)13-31)27-22-20-11-18(30-8-6-19(32)7-9-30)12-26-21(20)15(2)28-29-22/h3-5,10-12,14,19,31-32H,6-9,13H2,1-2H3,(H,27,29)/t14-/m1/s1. The highest BCUT2D eigenvalue weighted by Gasteiger charge is 2.30. The van der Waals surface area contributed by atoms with Crippen LogP contribution >= 0.6 is 0 Å². The molecule has 3 heterocycles. The summed E-state index contributed by atoms with van der Waals surface area (Å²) in [5.74, 6) is -2.78. The molecule has 2 aromatic heterocycles. The number of aliphatic hydroxyl groups is 2. The summed E-state index contributed by atoms with van der Waals surface area (Å²) in [4.78, 5) is 6.78. The molecule has 9 heteroatoms. The van der Waals surface area contributed by atoms with Crippen molar-refractivity contribution >= 4 is 22.4 Å². The zero-order valence-corrected chi connectivity index (χ0v) is 18.1. The van der Waals surface area contributed by atoms with E-state index in [4.69, 9.17) is 5.11 Å². The van der Waals surface area contributed by atoms with Gasteiger partial charge in [-0.15, -0.1) is 5.10 Å². The van der Waals surface area contributed by atoms with Gasteiger partial charge in [-0.25, -0.2) is 0 Å². The minimum atomic E-state index is -3.30. The Morgan fingerprint density at radius 3 is 2.69 bits per heavy atom. The lowest BCUT2D eigenvalue weighted by Crippen LogP contribution is -2.35. The average molecular weight is 443 g/mol. The van der Waals surface area contributed by atoms with Crippen LogP contribution in [0.1, 0.15) is 42.6 Å². The topological polar surface area (TPSA) is 94.4 Å². The van der Waals surface area contributed by atoms with Crippen LogP contribution in [0, 0.1) is 6.92 Å². The number of aromatic nitrogens is 3. The minimum absolute atomic E-state index is 0.234. The van der Waals surface area contributed by atoms with Gasteiger partial charge in [0.15, 0.2) is 5.82 Å². The van der Waals surface area contributed by atoms with Crippen LogP contribution < -0.4 is 10.2 Å². The number of piperidine rings is 1. The number of anilines is 2. The fourth-order valence-electron chi connectivity index (χ4n) is 3.97. The van der Waals surface area contributed by atoms with E-state index >= 15 is 0 Å². The molecule has 1 aliphatic heterocycles. The molecule has 0 radical (unpaired) electrons. The van der Waals surface area contributed by atoms with E-state index in [1.807, 2.05) is 26.1 Å². The monoisotopic (exact) mass is 443 g/mol. The summed E-state index contributed by atoms with van der Waals surface area (Å²) >= 11 is 0. The first-order valence-electron chi connectivity index (χ1n) is 10.7. The molecule has 1 aromatic carbocycles. The van der Waals surface area contributed by atoms with Gasteiger partial charge < -0.3 is 20.4 Å². The minimum Gasteiger partial charge on any atom is -0.393 e. The summed E-state index contributed by atoms with van der Waals surface area (Å²) < 4.78 is 27.9. The predicted molar refractivity (Wildman–Crippen MR) is 119 cm³/mol. The number of alkyl halides is 2. The first kappa shape index (κ1) is 22.3. The Hall–Kier alpha value is -2.91. The van der Waals surface area contributed by atoms with Crippen LogP contribution in [0.25, 0.3) is 10.9 Å². The lowest BCUT2D eigenvalue weighted by Gasteiger charge is -2.31. The number of aliphatic hydroxyl groups excluding tert-OH is 2. The van der Waals surface area contributed by atoms with E-state index < -0.39 is 12.5 Å². The maximum absolute atomic E-state index is 13.9. The number of fused-ring (bicyclic) bond motifs is 1. The van der Waals surface area contributed by atoms with Crippen LogP contribution in [0.3, 0.4) is 0 Å². The van der Waals surface area contributed by atoms with Gasteiger partial charge in [0.25, 0.3) is 5.92 Å². The van der Waals surface area contributed by atoms with E-state index in [0.717, 1.165) is 29.7 Å². The van der Waals surface area contributed by atoms with Crippen molar-refractivity contribution in [2.45, 2.75) is 44.8 Å². The van der Waals surface area contributed by atoms with Crippen molar-refractivity contribution in [3.63, 3.8) is 0 Å². The largest absolute Gasteiger partial charge is 0.393 e. The molecule has 0 aliphatic carbocycles. The Kier molecular flexibility index (Phi) is 6.21. The molecule has 4 rings (SSSR count). The van der Waals surface area contributed by atoms with Crippen LogP contribution in [-0.4, -0.2) is 51.2 Å². The van der Waals surface area contributed by atoms with Crippen LogP contribution in [0.15, 0.2) is 36.5 Å². The van der Waals surface area contributed by atoms with Gasteiger partial charge in [-0.3, -0.25) is 4.98 Å². The third kappa shape index (κ3) is 4.49. The van der Waals surface area contributed by atoms with Gasteiger partial charge in [-0.2, -0.15) is 13.9 Å². The summed E-state index contributed by atoms with van der Waals surface area (Å²) in [5, 5.41) is 31.4. The number of nitrogens with zero attached hydrogens (tertiary/aromatic N) is 4. The van der Waals surface area contributed by atoms with E-state index in [1.165, 1.54) is 12.1 Å². The van der Waals surface area contributed by atoms with Gasteiger partial charge in [0.05, 0.1) is 35.2 Å². The quantitative estimate of drug-likeness (QED) is 0.536. The van der Waals surface area contributed by atoms with Gasteiger partial charge in [-0.05, 0) is 44.4 Å². The molecule has 1 saturated heterocycles. The first-order valence-corrected chi connectivity index (χ1v) is 10.7. The number of nitrogens with one attached hydrogen (secondary N) is 1. The average Bonchev–Trinajstić information content (AvgIpc) is 2.81. The highest BCUT2D eigenvalue weighted by molar-refractivity contribution is 5.92. The summed E-state index contributed by atoms with van der Waals surface area (Å²) in [5.41, 5.74) is 2.76. The number of hydrogen-bond acceptors (Lipinski definition) is 7. The third-order valence-electron chi connectivity index (χ3n) is 5.96. The summed E-state index contributed by atoms with van der Waals surface area (Å²) in [7, 11) is 0. The van der Waals surface area contributed by atoms with Crippen LogP contribution in [0.4, 0.5) is 20.3 Å². The Bertz CT molecular complexity index is 1100. The lowest BCUT2D eigenvalue weighted by atomic mass is 10.0. The highest BCUT2D eigenvalue weighted by atomic mass is 19.3. The number of rotatable bonds is 6. The smallest absolute Gasteiger partial charge is 0.295 e. The molecular formula is C23H27F2N5O2. The third-order valence-corrected chi connectivity index (χ3v) is 5.96. The maximum atomic E-state index is 13.9. The Morgan fingerprint density at radius 1 is 1.22 bits per heavy atom. The molecule has 170 valence electrons. The molecule has 0 bridgehead atoms. The fourth-order valence-corrected chi connectivity index (χ4v) is 3.97. The molecule has 1 atom stereocenters. The van der Waals surface area contributed by atoms with Gasteiger partial charge in [0, 0.05) is 24.0 Å². The molecule has 0 unspecified atom stereocenters. The van der Waals surface area contributed by atoms with Crippen molar-refractivity contribution in [1.82, 2.24) is 15.2 Å². The van der Waals surface area contributed by atoms with Crippen molar-refractivity contribution < 1.29 is 19.0 Å². The van der Waals surface area contributed by atoms with E-state index in [9.17, 15) is 13.9 Å². The van der Waals surface area contributed by atoms with Crippen molar-refractivity contribution in [3.05, 3.63) is 53.3 Å². The van der Waals surface area contributed by atoms with Gasteiger partial charge in [0.1, 0.15) is 6.61 Å². The molecule has 0 spiro atoms. The van der Waals surface area contributed by atoms with Gasteiger partial charge in [0.2, 0.25) is 0 Å². The molecule has 1 fully saturated rings. The molecule has 1 aliphatic rings. The van der Waals surface area contributed by atoms with Crippen molar-refractivity contribution in [2.75, 3.05) is 29.9 Å². The van der Waals surface area contributed by atoms with Crippen LogP contribution in [0.2, 0.25) is 0 Å². The van der Waals surface area contributed by atoms with E-state index in [0.29, 0.717) is 29.9 Å². The van der Waals surface area contributed by atoms with Crippen molar-refractivity contribution in [1.29, 1.82) is 0 Å². The van der Waals surface area contributed by atoms with E-state index in [-0.39, 0.29) is 17.7 Å². The van der Waals surface area contributed by atoms with Gasteiger partial charge in [-0.1, -0.05) is 18.2 Å². The maximum Gasteiger partial charge on any atom is 0.295 e. The van der Waals surface area contributed by atoms with Crippen molar-refractivity contribution in [2.24, 2.45) is 0 Å². The lowest BCUT2D eigenvalue weighted by molar-refractivity contribution is -0.0556. The summed E-state index contributed by atoms with van der Waals surface area (Å²) in [6.45, 7) is 3.95. The number of benzene rings is 1. The Balaban J connectivity index is 1.65. The second kappa shape index (κ2) is 8.91. The fraction of sp³-hybridized carbons (Fsp3) is 0.435. The highest BCUT2D eigenvalue weighted by Crippen LogP contribution is 2.32. The van der Waals surface area contributed by atoms with Crippen molar-refractivity contribution in [3.8, 4) is 0 Å². The number of hydrogen-bond donors (Lipinski definition) is 3. The zero-order chi connectivity index (χ0) is 22.9. The first-order chi connectivity index (χ1) is 15.3. The normalized spacial score (nSPS) is 16.4. The van der Waals surface area contributed by atoms with Gasteiger partial charge >= 0.3 is 0 Å².